The second-order valence-corrected chi connectivity index (χ2v) is 6.82. The van der Waals surface area contributed by atoms with Gasteiger partial charge in [0.15, 0.2) is 0 Å². The number of pyridine rings is 1. The summed E-state index contributed by atoms with van der Waals surface area (Å²) in [7, 11) is 0. The molecule has 1 aliphatic heterocycles. The molecule has 0 spiro atoms. The van der Waals surface area contributed by atoms with E-state index in [9.17, 15) is 9.59 Å². The van der Waals surface area contributed by atoms with E-state index >= 15 is 0 Å². The molecule has 25 heavy (non-hydrogen) atoms. The van der Waals surface area contributed by atoms with Crippen LogP contribution in [0.15, 0.2) is 35.8 Å². The number of nitrogens with zero attached hydrogens (tertiary/aromatic N) is 3. The fourth-order valence-corrected chi connectivity index (χ4v) is 3.66. The van der Waals surface area contributed by atoms with Crippen molar-refractivity contribution in [3.63, 3.8) is 0 Å². The van der Waals surface area contributed by atoms with Crippen molar-refractivity contribution in [1.29, 1.82) is 0 Å². The number of nitrogens with two attached hydrogens (primary N) is 1. The van der Waals surface area contributed by atoms with Gasteiger partial charge in [0.2, 0.25) is 5.91 Å². The number of carbonyl (C=O) groups is 2. The zero-order valence-electron chi connectivity index (χ0n) is 14.0. The maximum Gasteiger partial charge on any atom is 0.251 e. The third-order valence-corrected chi connectivity index (χ3v) is 5.21. The Morgan fingerprint density at radius 3 is 2.64 bits per heavy atom. The summed E-state index contributed by atoms with van der Waals surface area (Å²) in [6.07, 6.45) is 1.79. The number of aromatic nitrogens is 1. The molecule has 3 heterocycles. The Balaban J connectivity index is 1.57. The highest BCUT2D eigenvalue weighted by Gasteiger charge is 2.27. The van der Waals surface area contributed by atoms with Crippen molar-refractivity contribution in [3.05, 3.63) is 41.4 Å². The van der Waals surface area contributed by atoms with Gasteiger partial charge in [-0.3, -0.25) is 14.5 Å². The van der Waals surface area contributed by atoms with E-state index in [1.54, 1.807) is 17.6 Å². The number of thiophene rings is 1. The lowest BCUT2D eigenvalue weighted by Gasteiger charge is -2.37. The van der Waals surface area contributed by atoms with E-state index in [1.807, 2.05) is 25.1 Å². The Labute approximate surface area is 150 Å². The molecule has 3 rings (SSSR count). The standard InChI is InChI=1S/C17H21N5O2S/c1-12(16(24)20-17-13(15(18)23)5-11-25-17)21-7-9-22(10-8-21)14-4-2-3-6-19-14/h2-6,11-12H,7-10H2,1H3,(H2,18,23)(H,20,24)/t12-/m0/s1. The molecule has 0 bridgehead atoms. The molecule has 3 N–H and O–H groups in total. The molecule has 7 nitrogen and oxygen atoms in total. The Morgan fingerprint density at radius 1 is 1.24 bits per heavy atom. The minimum atomic E-state index is -0.534. The molecule has 2 aromatic heterocycles. The van der Waals surface area contributed by atoms with Crippen molar-refractivity contribution in [3.8, 4) is 0 Å². The van der Waals surface area contributed by atoms with Gasteiger partial charge in [0.05, 0.1) is 11.6 Å². The second-order valence-electron chi connectivity index (χ2n) is 5.90. The number of piperazine rings is 1. The SMILES string of the molecule is C[C@@H](C(=O)Nc1sccc1C(N)=O)N1CCN(c2ccccn2)CC1. The van der Waals surface area contributed by atoms with Gasteiger partial charge in [0.25, 0.3) is 5.91 Å². The average Bonchev–Trinajstić information content (AvgIpc) is 3.10. The quantitative estimate of drug-likeness (QED) is 0.842. The van der Waals surface area contributed by atoms with Gasteiger partial charge in [-0.15, -0.1) is 11.3 Å². The molecular formula is C17H21N5O2S. The van der Waals surface area contributed by atoms with Crippen molar-refractivity contribution in [2.75, 3.05) is 36.4 Å². The maximum absolute atomic E-state index is 12.5. The number of hydrogen-bond acceptors (Lipinski definition) is 6. The zero-order valence-corrected chi connectivity index (χ0v) is 14.8. The van der Waals surface area contributed by atoms with E-state index in [2.05, 4.69) is 20.1 Å². The average molecular weight is 359 g/mol. The van der Waals surface area contributed by atoms with Gasteiger partial charge in [-0.25, -0.2) is 4.98 Å². The molecule has 8 heteroatoms. The monoisotopic (exact) mass is 359 g/mol. The van der Waals surface area contributed by atoms with Gasteiger partial charge in [-0.1, -0.05) is 6.07 Å². The third kappa shape index (κ3) is 3.97. The van der Waals surface area contributed by atoms with E-state index < -0.39 is 5.91 Å². The first-order chi connectivity index (χ1) is 12.1. The summed E-state index contributed by atoms with van der Waals surface area (Å²) in [6.45, 7) is 5.07. The highest BCUT2D eigenvalue weighted by Crippen LogP contribution is 2.23. The lowest BCUT2D eigenvalue weighted by atomic mass is 10.2. The summed E-state index contributed by atoms with van der Waals surface area (Å²) >= 11 is 1.30. The Morgan fingerprint density at radius 2 is 2.00 bits per heavy atom. The summed E-state index contributed by atoms with van der Waals surface area (Å²) in [4.78, 5) is 32.6. The zero-order chi connectivity index (χ0) is 17.8. The molecule has 1 fully saturated rings. The molecule has 2 aromatic rings. The first-order valence-electron chi connectivity index (χ1n) is 8.14. The van der Waals surface area contributed by atoms with Crippen molar-refractivity contribution < 1.29 is 9.59 Å². The van der Waals surface area contributed by atoms with Crippen LogP contribution in [-0.2, 0) is 4.79 Å². The molecule has 2 amide bonds. The summed E-state index contributed by atoms with van der Waals surface area (Å²) in [6, 6.07) is 7.21. The third-order valence-electron chi connectivity index (χ3n) is 4.38. The van der Waals surface area contributed by atoms with Crippen LogP contribution < -0.4 is 16.0 Å². The fraction of sp³-hybridized carbons (Fsp3) is 0.353. The van der Waals surface area contributed by atoms with Crippen LogP contribution in [0.4, 0.5) is 10.8 Å². The Bertz CT molecular complexity index is 741. The molecule has 0 aliphatic carbocycles. The van der Waals surface area contributed by atoms with Gasteiger partial charge >= 0.3 is 0 Å². The van der Waals surface area contributed by atoms with Gasteiger partial charge in [0, 0.05) is 32.4 Å². The predicted octanol–water partition coefficient (Wildman–Crippen LogP) is 1.39. The van der Waals surface area contributed by atoms with E-state index in [0.29, 0.717) is 10.6 Å². The molecule has 0 aromatic carbocycles. The lowest BCUT2D eigenvalue weighted by molar-refractivity contribution is -0.120. The lowest BCUT2D eigenvalue weighted by Crippen LogP contribution is -2.53. The number of carbonyl (C=O) groups excluding carboxylic acids is 2. The molecule has 0 saturated carbocycles. The van der Waals surface area contributed by atoms with Crippen LogP contribution in [-0.4, -0.2) is 53.9 Å². The van der Waals surface area contributed by atoms with Crippen molar-refractivity contribution in [2.24, 2.45) is 5.73 Å². The van der Waals surface area contributed by atoms with Crippen LogP contribution in [0.5, 0.6) is 0 Å². The fourth-order valence-electron chi connectivity index (χ4n) is 2.86. The molecule has 1 atom stereocenters. The van der Waals surface area contributed by atoms with Crippen LogP contribution in [0, 0.1) is 0 Å². The number of nitrogens with one attached hydrogen (secondary N) is 1. The number of amides is 2. The van der Waals surface area contributed by atoms with E-state index in [4.69, 9.17) is 5.73 Å². The minimum absolute atomic E-state index is 0.128. The summed E-state index contributed by atoms with van der Waals surface area (Å²) in [5.74, 6) is 0.299. The first kappa shape index (κ1) is 17.4. The Kier molecular flexibility index (Phi) is 5.30. The molecule has 1 saturated heterocycles. The van der Waals surface area contributed by atoms with Crippen molar-refractivity contribution in [1.82, 2.24) is 9.88 Å². The molecule has 0 radical (unpaired) electrons. The summed E-state index contributed by atoms with van der Waals surface area (Å²) in [5.41, 5.74) is 5.67. The molecular weight excluding hydrogens is 338 g/mol. The number of anilines is 2. The van der Waals surface area contributed by atoms with Crippen LogP contribution in [0.1, 0.15) is 17.3 Å². The van der Waals surface area contributed by atoms with Gasteiger partial charge in [-0.2, -0.15) is 0 Å². The predicted molar refractivity (Wildman–Crippen MR) is 99.0 cm³/mol. The smallest absolute Gasteiger partial charge is 0.251 e. The van der Waals surface area contributed by atoms with E-state index in [0.717, 1.165) is 32.0 Å². The highest BCUT2D eigenvalue weighted by atomic mass is 32.1. The highest BCUT2D eigenvalue weighted by molar-refractivity contribution is 7.14. The molecule has 1 aliphatic rings. The topological polar surface area (TPSA) is 91.6 Å². The van der Waals surface area contributed by atoms with Gasteiger partial charge in [-0.05, 0) is 30.5 Å². The van der Waals surface area contributed by atoms with Gasteiger partial charge in [0.1, 0.15) is 10.8 Å². The van der Waals surface area contributed by atoms with Gasteiger partial charge < -0.3 is 16.0 Å². The number of rotatable bonds is 5. The molecule has 132 valence electrons. The Hall–Kier alpha value is -2.45. The van der Waals surface area contributed by atoms with Crippen molar-refractivity contribution >= 4 is 34.0 Å². The van der Waals surface area contributed by atoms with Crippen molar-refractivity contribution in [2.45, 2.75) is 13.0 Å². The van der Waals surface area contributed by atoms with Crippen LogP contribution in [0.3, 0.4) is 0 Å². The summed E-state index contributed by atoms with van der Waals surface area (Å²) < 4.78 is 0. The molecule has 0 unspecified atom stereocenters. The second kappa shape index (κ2) is 7.62. The number of hydrogen-bond donors (Lipinski definition) is 2. The van der Waals surface area contributed by atoms with Crippen LogP contribution in [0.25, 0.3) is 0 Å². The van der Waals surface area contributed by atoms with E-state index in [1.165, 1.54) is 11.3 Å². The van der Waals surface area contributed by atoms with Crippen LogP contribution >= 0.6 is 11.3 Å². The first-order valence-corrected chi connectivity index (χ1v) is 9.02. The minimum Gasteiger partial charge on any atom is -0.366 e. The van der Waals surface area contributed by atoms with Crippen LogP contribution in [0.2, 0.25) is 0 Å². The van der Waals surface area contributed by atoms with E-state index in [-0.39, 0.29) is 11.9 Å². The normalized spacial score (nSPS) is 16.4. The largest absolute Gasteiger partial charge is 0.366 e. The summed E-state index contributed by atoms with van der Waals surface area (Å²) in [5, 5.41) is 5.08. The maximum atomic E-state index is 12.5. The number of primary amides is 1.